The van der Waals surface area contributed by atoms with Crippen LogP contribution in [0.2, 0.25) is 0 Å². The minimum absolute atomic E-state index is 0.00230. The van der Waals surface area contributed by atoms with E-state index in [1.54, 1.807) is 77.9 Å². The van der Waals surface area contributed by atoms with Gasteiger partial charge in [0.25, 0.3) is 5.56 Å². The van der Waals surface area contributed by atoms with Crippen LogP contribution in [-0.4, -0.2) is 114 Å². The van der Waals surface area contributed by atoms with E-state index in [1.807, 2.05) is 31.2 Å². The molecule has 0 saturated heterocycles. The fraction of sp³-hybridized carbons (Fsp3) is 0.500. The molecule has 19 heteroatoms. The largest absolute Gasteiger partial charge is 0.493 e. The quantitative estimate of drug-likeness (QED) is 0.0337. The van der Waals surface area contributed by atoms with Crippen LogP contribution in [0.4, 0.5) is 9.59 Å². The van der Waals surface area contributed by atoms with Crippen LogP contribution in [-0.2, 0) is 45.2 Å². The highest BCUT2D eigenvalue weighted by molar-refractivity contribution is 5.99. The SMILES string of the molecule is CCCOc1ccc2cc1-c1cc(ccc1OCCNC(=O)OC(C)(C)C)C[C@@H](C(=O)OC)NC(=O)[C@H](C)CC(=O)[C@H]2N(C)C(=O)[C@H](CCNC(=O)OC(C)(C)C)CC(=O)c1cnc(-c2ccc(C(C)(C)C)cc2)[nH]c1=O. The third-order valence-corrected chi connectivity index (χ3v) is 12.4. The predicted molar refractivity (Wildman–Crippen MR) is 290 cm³/mol. The van der Waals surface area contributed by atoms with Crippen LogP contribution in [0.15, 0.2) is 71.7 Å². The number of ketones is 2. The fourth-order valence-corrected chi connectivity index (χ4v) is 8.54. The van der Waals surface area contributed by atoms with Gasteiger partial charge in [0.05, 0.1) is 20.3 Å². The number of methoxy groups -OCH3 is 1. The summed E-state index contributed by atoms with van der Waals surface area (Å²) in [4.78, 5) is 119. The average molecular weight is 1070 g/mol. The molecule has 0 unspecified atom stereocenters. The number of aromatic amines is 1. The van der Waals surface area contributed by atoms with Gasteiger partial charge < -0.3 is 49.5 Å². The van der Waals surface area contributed by atoms with Gasteiger partial charge in [-0.05, 0) is 101 Å². The molecule has 2 heterocycles. The number of carbonyl (C=O) groups excluding carboxylic acids is 7. The lowest BCUT2D eigenvalue weighted by Gasteiger charge is -2.32. The molecular formula is C58H76N6O13. The zero-order valence-electron chi connectivity index (χ0n) is 46.7. The van der Waals surface area contributed by atoms with Crippen LogP contribution < -0.4 is 31.0 Å². The molecule has 1 aromatic heterocycles. The third kappa shape index (κ3) is 17.2. The first-order chi connectivity index (χ1) is 36.1. The van der Waals surface area contributed by atoms with Crippen molar-refractivity contribution >= 4 is 41.5 Å². The van der Waals surface area contributed by atoms with Gasteiger partial charge in [-0.1, -0.05) is 71.0 Å². The van der Waals surface area contributed by atoms with Crippen LogP contribution in [0.5, 0.6) is 11.5 Å². The van der Waals surface area contributed by atoms with E-state index < -0.39 is 95.1 Å². The number of aromatic nitrogens is 2. The molecule has 416 valence electrons. The Bertz CT molecular complexity index is 2840. The van der Waals surface area contributed by atoms with Crippen LogP contribution in [0, 0.1) is 11.8 Å². The fourth-order valence-electron chi connectivity index (χ4n) is 8.54. The number of nitrogens with zero attached hydrogens (tertiary/aromatic N) is 2. The van der Waals surface area contributed by atoms with Crippen LogP contribution in [0.1, 0.15) is 135 Å². The second-order valence-electron chi connectivity index (χ2n) is 22.3. The molecule has 3 aromatic carbocycles. The van der Waals surface area contributed by atoms with E-state index >= 15 is 4.79 Å². The maximum Gasteiger partial charge on any atom is 0.407 e. The van der Waals surface area contributed by atoms with Crippen molar-refractivity contribution in [1.82, 2.24) is 30.8 Å². The summed E-state index contributed by atoms with van der Waals surface area (Å²) in [6.07, 6.45) is -0.638. The number of rotatable bonds is 17. The van der Waals surface area contributed by atoms with Crippen LogP contribution in [0.3, 0.4) is 0 Å². The van der Waals surface area contributed by atoms with Gasteiger partial charge in [0.1, 0.15) is 52.8 Å². The van der Waals surface area contributed by atoms with Crippen molar-refractivity contribution in [2.75, 3.05) is 40.5 Å². The summed E-state index contributed by atoms with van der Waals surface area (Å²) in [6, 6.07) is 15.2. The lowest BCUT2D eigenvalue weighted by atomic mass is 9.86. The molecule has 4 aromatic rings. The van der Waals surface area contributed by atoms with Crippen LogP contribution in [0.25, 0.3) is 22.5 Å². The molecular weight excluding hydrogens is 989 g/mol. The molecule has 0 fully saturated rings. The standard InChI is InChI=1S/C58H76N6O13/c1-14-26-74-47-22-18-37-31-41(47)40-29-35(15-21-46(40)75-27-25-60-55(72)77-58(9,10)11)30-43(53(70)73-13)62-50(67)34(2)28-45(66)48(37)64(12)52(69)38(23-24-59-54(71)76-57(6,7)8)32-44(65)42-33-61-49(63-51(42)68)36-16-19-39(20-17-36)56(3,4)5/h15-22,29,31,33-34,38,43,48H,14,23-28,30,32H2,1-13H3,(H,59,71)(H,60,72)(H,62,67)(H,61,63,68)/t34-,38-,43+,48+/m1/s1. The van der Waals surface area contributed by atoms with E-state index in [9.17, 15) is 33.6 Å². The van der Waals surface area contributed by atoms with Gasteiger partial charge in [-0.3, -0.25) is 24.0 Å². The zero-order valence-corrected chi connectivity index (χ0v) is 46.7. The second-order valence-corrected chi connectivity index (χ2v) is 22.3. The first-order valence-corrected chi connectivity index (χ1v) is 26.0. The molecule has 0 radical (unpaired) electrons. The molecule has 4 N–H and O–H groups in total. The molecule has 0 saturated carbocycles. The van der Waals surface area contributed by atoms with E-state index in [-0.39, 0.29) is 49.3 Å². The Balaban J connectivity index is 1.60. The summed E-state index contributed by atoms with van der Waals surface area (Å²) in [6.45, 7) is 20.3. The average Bonchev–Trinajstić information content (AvgIpc) is 3.35. The molecule has 77 heavy (non-hydrogen) atoms. The number of amides is 4. The summed E-state index contributed by atoms with van der Waals surface area (Å²) in [5.74, 6) is -4.59. The van der Waals surface area contributed by atoms with Crippen molar-refractivity contribution in [3.63, 3.8) is 0 Å². The number of likely N-dealkylation sites (N-methyl/N-ethyl adjacent to an activating group) is 1. The predicted octanol–water partition coefficient (Wildman–Crippen LogP) is 8.21. The summed E-state index contributed by atoms with van der Waals surface area (Å²) < 4.78 is 28.5. The third-order valence-electron chi connectivity index (χ3n) is 12.4. The van der Waals surface area contributed by atoms with Crippen molar-refractivity contribution in [2.24, 2.45) is 11.8 Å². The molecule has 5 rings (SSSR count). The highest BCUT2D eigenvalue weighted by atomic mass is 16.6. The lowest BCUT2D eigenvalue weighted by Crippen LogP contribution is -2.46. The monoisotopic (exact) mass is 1060 g/mol. The summed E-state index contributed by atoms with van der Waals surface area (Å²) in [5.41, 5.74) is 0.809. The summed E-state index contributed by atoms with van der Waals surface area (Å²) in [7, 11) is 2.61. The van der Waals surface area contributed by atoms with Gasteiger partial charge in [0, 0.05) is 67.6 Å². The Morgan fingerprint density at radius 2 is 1.38 bits per heavy atom. The minimum atomic E-state index is -1.40. The van der Waals surface area contributed by atoms with E-state index in [2.05, 4.69) is 46.7 Å². The van der Waals surface area contributed by atoms with Gasteiger partial charge in [-0.2, -0.15) is 0 Å². The summed E-state index contributed by atoms with van der Waals surface area (Å²) >= 11 is 0. The second kappa shape index (κ2) is 26.0. The molecule has 4 atom stereocenters. The first-order valence-electron chi connectivity index (χ1n) is 26.0. The smallest absolute Gasteiger partial charge is 0.407 e. The van der Waals surface area contributed by atoms with Gasteiger partial charge in [-0.15, -0.1) is 0 Å². The number of ether oxygens (including phenoxy) is 5. The maximum atomic E-state index is 15.2. The van der Waals surface area contributed by atoms with Crippen molar-refractivity contribution in [3.8, 4) is 34.0 Å². The number of hydrogen-bond donors (Lipinski definition) is 4. The van der Waals surface area contributed by atoms with Gasteiger partial charge in [0.15, 0.2) is 11.6 Å². The number of carbonyl (C=O) groups is 7. The molecule has 19 nitrogen and oxygen atoms in total. The number of alkyl carbamates (subject to hydrolysis) is 2. The Kier molecular flexibility index (Phi) is 20.3. The van der Waals surface area contributed by atoms with Crippen molar-refractivity contribution in [1.29, 1.82) is 0 Å². The Labute approximate surface area is 450 Å². The normalized spacial score (nSPS) is 16.4. The Morgan fingerprint density at radius 3 is 1.96 bits per heavy atom. The number of benzene rings is 3. The first kappa shape index (κ1) is 60.3. The molecule has 4 amide bonds. The van der Waals surface area contributed by atoms with Gasteiger partial charge in [-0.25, -0.2) is 19.4 Å². The highest BCUT2D eigenvalue weighted by Crippen LogP contribution is 2.41. The topological polar surface area (TPSA) is 251 Å². The number of nitrogens with one attached hydrogen (secondary N) is 4. The molecule has 4 bridgehead atoms. The van der Waals surface area contributed by atoms with Crippen molar-refractivity contribution in [2.45, 2.75) is 137 Å². The van der Waals surface area contributed by atoms with E-state index in [0.29, 0.717) is 52.3 Å². The minimum Gasteiger partial charge on any atom is -0.493 e. The number of Topliss-reactive ketones (excluding diaryl/α,β-unsaturated/α-hetero) is 2. The van der Waals surface area contributed by atoms with Crippen LogP contribution >= 0.6 is 0 Å². The van der Waals surface area contributed by atoms with E-state index in [4.69, 9.17) is 23.7 Å². The Morgan fingerprint density at radius 1 is 0.779 bits per heavy atom. The number of H-pyrrole nitrogens is 1. The van der Waals surface area contributed by atoms with E-state index in [0.717, 1.165) is 5.56 Å². The van der Waals surface area contributed by atoms with E-state index in [1.165, 1.54) is 32.2 Å². The zero-order chi connectivity index (χ0) is 57.0. The molecule has 1 aliphatic rings. The molecule has 1 aliphatic heterocycles. The number of fused-ring (bicyclic) bond motifs is 5. The van der Waals surface area contributed by atoms with Gasteiger partial charge >= 0.3 is 18.2 Å². The van der Waals surface area contributed by atoms with Gasteiger partial charge in [0.2, 0.25) is 11.8 Å². The highest BCUT2D eigenvalue weighted by Gasteiger charge is 2.37. The maximum absolute atomic E-state index is 15.2. The number of esters is 1. The summed E-state index contributed by atoms with van der Waals surface area (Å²) in [5, 5.41) is 8.08. The Hall–Kier alpha value is -7.57. The molecule has 0 spiro atoms. The lowest BCUT2D eigenvalue weighted by molar-refractivity contribution is -0.146. The molecule has 0 aliphatic carbocycles. The number of hydrogen-bond acceptors (Lipinski definition) is 14. The van der Waals surface area contributed by atoms with Crippen molar-refractivity contribution in [3.05, 3.63) is 99.5 Å². The van der Waals surface area contributed by atoms with Crippen molar-refractivity contribution < 1.29 is 57.2 Å².